The lowest BCUT2D eigenvalue weighted by molar-refractivity contribution is -0.165. The Kier molecular flexibility index (Phi) is 10.1. The maximum atomic E-state index is 12.2. The number of likely N-dealkylation sites (tertiary alicyclic amines) is 1. The van der Waals surface area contributed by atoms with Gasteiger partial charge in [0.15, 0.2) is 0 Å². The molecule has 3 aromatic carbocycles. The van der Waals surface area contributed by atoms with Gasteiger partial charge < -0.3 is 20.3 Å². The van der Waals surface area contributed by atoms with Gasteiger partial charge in [-0.1, -0.05) is 66.7 Å². The number of aryl methyl sites for hydroxylation is 1. The van der Waals surface area contributed by atoms with Gasteiger partial charge in [-0.3, -0.25) is 4.90 Å². The maximum absolute atomic E-state index is 12.2. The van der Waals surface area contributed by atoms with E-state index in [1.54, 1.807) is 7.11 Å². The van der Waals surface area contributed by atoms with Crippen LogP contribution in [0.3, 0.4) is 0 Å². The number of ether oxygens (including phenoxy) is 1. The van der Waals surface area contributed by atoms with Gasteiger partial charge >= 0.3 is 0 Å². The van der Waals surface area contributed by atoms with Crippen molar-refractivity contribution in [2.75, 3.05) is 26.8 Å². The molecule has 42 heavy (non-hydrogen) atoms. The molecule has 226 valence electrons. The smallest absolute Gasteiger partial charge is 0.119 e. The molecule has 0 amide bonds. The molecule has 3 aromatic rings. The van der Waals surface area contributed by atoms with E-state index in [9.17, 15) is 10.2 Å². The molecule has 4 atom stereocenters. The number of piperidine rings is 1. The van der Waals surface area contributed by atoms with Gasteiger partial charge in [-0.05, 0) is 105 Å². The molecule has 3 fully saturated rings. The van der Waals surface area contributed by atoms with Crippen LogP contribution in [0.4, 0.5) is 0 Å². The standard InChI is InChI=1S/C23H35NO3.C14H15N/c1-16-4-7-20(27-3)12-21(16)22-10-11-24(14-18-5-6-18)17(2)23(22,26)9-8-19(13-22)15-25;1-3-7-13(8-4-1)11-15-12-14-9-5-2-6-10-14/h4,7,12,17-19,25-26H,5-6,8-11,13-15H2,1-3H3;1-10,15H,11-12H2. The van der Waals surface area contributed by atoms with Gasteiger partial charge in [0.05, 0.1) is 12.7 Å². The Labute approximate surface area is 252 Å². The number of rotatable bonds is 9. The second-order valence-electron chi connectivity index (χ2n) is 12.9. The second kappa shape index (κ2) is 13.7. The summed E-state index contributed by atoms with van der Waals surface area (Å²) in [6.45, 7) is 8.58. The summed E-state index contributed by atoms with van der Waals surface area (Å²) in [4.78, 5) is 2.53. The van der Waals surface area contributed by atoms with E-state index in [4.69, 9.17) is 4.74 Å². The molecule has 1 heterocycles. The lowest BCUT2D eigenvalue weighted by Crippen LogP contribution is -2.70. The molecular weight excluding hydrogens is 520 g/mol. The molecule has 5 nitrogen and oxygen atoms in total. The normalized spacial score (nSPS) is 27.5. The van der Waals surface area contributed by atoms with Gasteiger partial charge in [-0.15, -0.1) is 0 Å². The minimum absolute atomic E-state index is 0.136. The molecule has 0 radical (unpaired) electrons. The Morgan fingerprint density at radius 1 is 0.881 bits per heavy atom. The van der Waals surface area contributed by atoms with E-state index >= 15 is 0 Å². The van der Waals surface area contributed by atoms with E-state index in [1.165, 1.54) is 35.1 Å². The fourth-order valence-electron chi connectivity index (χ4n) is 7.49. The molecule has 0 spiro atoms. The number of hydrogen-bond acceptors (Lipinski definition) is 5. The number of nitrogens with zero attached hydrogens (tertiary/aromatic N) is 1. The number of fused-ring (bicyclic) bond motifs is 1. The van der Waals surface area contributed by atoms with Gasteiger partial charge in [0.1, 0.15) is 5.75 Å². The summed E-state index contributed by atoms with van der Waals surface area (Å²) < 4.78 is 5.53. The molecular formula is C37H50N2O3. The number of benzene rings is 3. The van der Waals surface area contributed by atoms with Crippen molar-refractivity contribution in [2.45, 2.75) is 82.5 Å². The largest absolute Gasteiger partial charge is 0.497 e. The molecule has 2 saturated carbocycles. The lowest BCUT2D eigenvalue weighted by Gasteiger charge is -2.61. The highest BCUT2D eigenvalue weighted by Crippen LogP contribution is 2.56. The Bertz CT molecular complexity index is 1230. The zero-order chi connectivity index (χ0) is 29.6. The van der Waals surface area contributed by atoms with Gasteiger partial charge in [0, 0.05) is 37.7 Å². The number of aliphatic hydroxyl groups is 2. The summed E-state index contributed by atoms with van der Waals surface area (Å²) in [7, 11) is 1.70. The van der Waals surface area contributed by atoms with Crippen LogP contribution in [0.25, 0.3) is 0 Å². The van der Waals surface area contributed by atoms with E-state index in [-0.39, 0.29) is 24.0 Å². The van der Waals surface area contributed by atoms with Crippen molar-refractivity contribution in [3.8, 4) is 5.75 Å². The third-order valence-electron chi connectivity index (χ3n) is 10.2. The van der Waals surface area contributed by atoms with Crippen molar-refractivity contribution < 1.29 is 14.9 Å². The molecule has 3 aliphatic rings. The van der Waals surface area contributed by atoms with Crippen LogP contribution in [0.1, 0.15) is 67.7 Å². The Balaban J connectivity index is 0.000000199. The van der Waals surface area contributed by atoms with Crippen molar-refractivity contribution in [3.05, 3.63) is 101 Å². The van der Waals surface area contributed by atoms with E-state index in [2.05, 4.69) is 84.7 Å². The Morgan fingerprint density at radius 3 is 2.10 bits per heavy atom. The summed E-state index contributed by atoms with van der Waals surface area (Å²) in [6, 6.07) is 27.3. The van der Waals surface area contributed by atoms with Crippen LogP contribution in [0.15, 0.2) is 78.9 Å². The van der Waals surface area contributed by atoms with Crippen LogP contribution in [0.5, 0.6) is 5.75 Å². The van der Waals surface area contributed by atoms with Crippen LogP contribution in [-0.4, -0.2) is 53.6 Å². The van der Waals surface area contributed by atoms with Gasteiger partial charge in [-0.25, -0.2) is 0 Å². The fourth-order valence-corrected chi connectivity index (χ4v) is 7.49. The number of nitrogens with one attached hydrogen (secondary N) is 1. The number of methoxy groups -OCH3 is 1. The maximum Gasteiger partial charge on any atom is 0.119 e. The van der Waals surface area contributed by atoms with Crippen molar-refractivity contribution in [1.29, 1.82) is 0 Å². The first-order valence-corrected chi connectivity index (χ1v) is 15.9. The summed E-state index contributed by atoms with van der Waals surface area (Å²) in [5.41, 5.74) is 4.03. The van der Waals surface area contributed by atoms with Crippen LogP contribution in [0, 0.1) is 18.8 Å². The molecule has 3 N–H and O–H groups in total. The minimum atomic E-state index is -0.761. The number of aliphatic hydroxyl groups excluding tert-OH is 1. The van der Waals surface area contributed by atoms with Crippen LogP contribution >= 0.6 is 0 Å². The van der Waals surface area contributed by atoms with Crippen molar-refractivity contribution in [1.82, 2.24) is 10.2 Å². The summed E-state index contributed by atoms with van der Waals surface area (Å²) >= 11 is 0. The van der Waals surface area contributed by atoms with Crippen molar-refractivity contribution in [2.24, 2.45) is 11.8 Å². The highest BCUT2D eigenvalue weighted by molar-refractivity contribution is 5.44. The van der Waals surface area contributed by atoms with Crippen LogP contribution in [-0.2, 0) is 18.5 Å². The van der Waals surface area contributed by atoms with Gasteiger partial charge in [-0.2, -0.15) is 0 Å². The third kappa shape index (κ3) is 6.75. The highest BCUT2D eigenvalue weighted by Gasteiger charge is 2.61. The Hall–Kier alpha value is -2.70. The van der Waals surface area contributed by atoms with Crippen LogP contribution in [0.2, 0.25) is 0 Å². The zero-order valence-corrected chi connectivity index (χ0v) is 25.8. The SMILES string of the molecule is COc1ccc(C)c(C23CCN(CC4CC4)C(C)C2(O)CCC(CO)C3)c1.c1ccc(CNCc2ccccc2)cc1. The van der Waals surface area contributed by atoms with E-state index in [0.29, 0.717) is 0 Å². The highest BCUT2D eigenvalue weighted by atomic mass is 16.5. The topological polar surface area (TPSA) is 65.0 Å². The molecule has 2 aliphatic carbocycles. The van der Waals surface area contributed by atoms with E-state index in [0.717, 1.165) is 63.5 Å². The first kappa shape index (κ1) is 30.7. The average molecular weight is 571 g/mol. The predicted octanol–water partition coefficient (Wildman–Crippen LogP) is 6.25. The predicted molar refractivity (Wildman–Crippen MR) is 171 cm³/mol. The fraction of sp³-hybridized carbons (Fsp3) is 0.514. The van der Waals surface area contributed by atoms with Gasteiger partial charge in [0.2, 0.25) is 0 Å². The van der Waals surface area contributed by atoms with Crippen molar-refractivity contribution >= 4 is 0 Å². The van der Waals surface area contributed by atoms with Gasteiger partial charge in [0.25, 0.3) is 0 Å². The molecule has 0 aromatic heterocycles. The first-order valence-electron chi connectivity index (χ1n) is 15.9. The zero-order valence-electron chi connectivity index (χ0n) is 25.8. The molecule has 1 saturated heterocycles. The second-order valence-corrected chi connectivity index (χ2v) is 12.9. The monoisotopic (exact) mass is 570 g/mol. The Morgan fingerprint density at radius 2 is 1.52 bits per heavy atom. The van der Waals surface area contributed by atoms with E-state index in [1.807, 2.05) is 18.2 Å². The number of hydrogen-bond donors (Lipinski definition) is 3. The summed E-state index contributed by atoms with van der Waals surface area (Å²) in [5.74, 6) is 1.94. The first-order chi connectivity index (χ1) is 20.4. The summed E-state index contributed by atoms with van der Waals surface area (Å²) in [5, 5.41) is 25.5. The third-order valence-corrected chi connectivity index (χ3v) is 10.2. The van der Waals surface area contributed by atoms with Crippen molar-refractivity contribution in [3.63, 3.8) is 0 Å². The van der Waals surface area contributed by atoms with E-state index < -0.39 is 5.60 Å². The minimum Gasteiger partial charge on any atom is -0.497 e. The molecule has 1 aliphatic heterocycles. The lowest BCUT2D eigenvalue weighted by atomic mass is 9.51. The molecule has 0 bridgehead atoms. The quantitative estimate of drug-likeness (QED) is 0.284. The molecule has 4 unspecified atom stereocenters. The average Bonchev–Trinajstić information content (AvgIpc) is 3.85. The van der Waals surface area contributed by atoms with Crippen LogP contribution < -0.4 is 10.1 Å². The molecule has 6 rings (SSSR count). The summed E-state index contributed by atoms with van der Waals surface area (Å²) in [6.07, 6.45) is 6.15. The molecule has 5 heteroatoms.